The van der Waals surface area contributed by atoms with E-state index in [1.54, 1.807) is 0 Å². The molecular weight excluding hydrogens is 282 g/mol. The van der Waals surface area contributed by atoms with Crippen LogP contribution in [0, 0.1) is 0 Å². The van der Waals surface area contributed by atoms with Gasteiger partial charge in [0.2, 0.25) is 0 Å². The predicted octanol–water partition coefficient (Wildman–Crippen LogP) is 6.52. The van der Waals surface area contributed by atoms with Crippen LogP contribution >= 0.6 is 0 Å². The van der Waals surface area contributed by atoms with E-state index < -0.39 is 0 Å². The molecule has 0 fully saturated rings. The first-order valence-corrected chi connectivity index (χ1v) is 10.7. The van der Waals surface area contributed by atoms with Gasteiger partial charge in [-0.2, -0.15) is 0 Å². The molecule has 1 N–H and O–H groups in total. The van der Waals surface area contributed by atoms with Crippen LogP contribution in [-0.4, -0.2) is 29.8 Å². The van der Waals surface area contributed by atoms with Gasteiger partial charge in [0.25, 0.3) is 0 Å². The van der Waals surface area contributed by atoms with Crippen LogP contribution < -0.4 is 0 Å². The lowest BCUT2D eigenvalue weighted by Crippen LogP contribution is -2.27. The molecule has 0 aliphatic carbocycles. The van der Waals surface area contributed by atoms with Gasteiger partial charge in [-0.05, 0) is 12.8 Å². The van der Waals surface area contributed by atoms with Gasteiger partial charge in [-0.25, -0.2) is 0 Å². The number of aliphatic hydroxyl groups excluding tert-OH is 1. The molecule has 0 saturated carbocycles. The lowest BCUT2D eigenvalue weighted by atomic mass is 10.1. The van der Waals surface area contributed by atoms with Crippen molar-refractivity contribution >= 4 is 0 Å². The lowest BCUT2D eigenvalue weighted by Gasteiger charge is -2.19. The number of nitrogens with zero attached hydrogens (tertiary/aromatic N) is 1. The summed E-state index contributed by atoms with van der Waals surface area (Å²) in [6.45, 7) is 6.96. The van der Waals surface area contributed by atoms with E-state index in [9.17, 15) is 5.11 Å². The fourth-order valence-corrected chi connectivity index (χ4v) is 3.19. The third-order valence-electron chi connectivity index (χ3n) is 4.86. The summed E-state index contributed by atoms with van der Waals surface area (Å²) in [7, 11) is 0. The molecule has 2 nitrogen and oxygen atoms in total. The Labute approximate surface area is 147 Å². The van der Waals surface area contributed by atoms with Gasteiger partial charge in [0, 0.05) is 13.1 Å². The van der Waals surface area contributed by atoms with Crippen molar-refractivity contribution in [2.45, 2.75) is 117 Å². The monoisotopic (exact) mass is 327 g/mol. The highest BCUT2D eigenvalue weighted by Gasteiger charge is 2.02. The number of hydrogen-bond acceptors (Lipinski definition) is 2. The van der Waals surface area contributed by atoms with Crippen molar-refractivity contribution in [2.24, 2.45) is 0 Å². The summed E-state index contributed by atoms with van der Waals surface area (Å²) < 4.78 is 0. The third-order valence-corrected chi connectivity index (χ3v) is 4.86. The third kappa shape index (κ3) is 18.1. The minimum atomic E-state index is 0.243. The standard InChI is InChI=1S/C21H45NO/c1-3-5-7-9-11-13-15-17-19-22(21-23)20-18-16-14-12-10-8-6-4-2/h23H,3-21H2,1-2H3. The zero-order valence-electron chi connectivity index (χ0n) is 16.3. The van der Waals surface area contributed by atoms with Crippen molar-refractivity contribution in [3.8, 4) is 0 Å². The van der Waals surface area contributed by atoms with E-state index in [1.807, 2.05) is 0 Å². The zero-order chi connectivity index (χ0) is 17.0. The molecule has 140 valence electrons. The van der Waals surface area contributed by atoms with E-state index in [1.165, 1.54) is 103 Å². The molecule has 0 unspecified atom stereocenters. The molecule has 0 aromatic rings. The SMILES string of the molecule is CCCCCCCCCCN(CO)CCCCCCCCCC. The first kappa shape index (κ1) is 22.9. The smallest absolute Gasteiger partial charge is 0.0956 e. The van der Waals surface area contributed by atoms with Gasteiger partial charge >= 0.3 is 0 Å². The van der Waals surface area contributed by atoms with Crippen molar-refractivity contribution in [2.75, 3.05) is 19.8 Å². The van der Waals surface area contributed by atoms with E-state index in [-0.39, 0.29) is 6.73 Å². The van der Waals surface area contributed by atoms with Crippen LogP contribution in [0.4, 0.5) is 0 Å². The molecule has 0 rings (SSSR count). The molecule has 0 aromatic carbocycles. The molecule has 0 aromatic heterocycles. The first-order valence-electron chi connectivity index (χ1n) is 10.7. The Kier molecular flexibility index (Phi) is 19.9. The van der Waals surface area contributed by atoms with Crippen LogP contribution in [-0.2, 0) is 0 Å². The predicted molar refractivity (Wildman–Crippen MR) is 104 cm³/mol. The van der Waals surface area contributed by atoms with Crippen molar-refractivity contribution in [1.82, 2.24) is 4.90 Å². The Morgan fingerprint density at radius 1 is 0.478 bits per heavy atom. The van der Waals surface area contributed by atoms with Gasteiger partial charge in [0.1, 0.15) is 0 Å². The molecule has 0 aliphatic heterocycles. The quantitative estimate of drug-likeness (QED) is 0.216. The summed E-state index contributed by atoms with van der Waals surface area (Å²) >= 11 is 0. The number of rotatable bonds is 19. The number of aliphatic hydroxyl groups is 1. The van der Waals surface area contributed by atoms with Crippen molar-refractivity contribution in [3.05, 3.63) is 0 Å². The molecular formula is C21H45NO. The Balaban J connectivity index is 3.29. The summed E-state index contributed by atoms with van der Waals surface area (Å²) in [5.74, 6) is 0. The van der Waals surface area contributed by atoms with Crippen molar-refractivity contribution in [3.63, 3.8) is 0 Å². The van der Waals surface area contributed by atoms with E-state index in [4.69, 9.17) is 0 Å². The van der Waals surface area contributed by atoms with Crippen LogP contribution in [0.1, 0.15) is 117 Å². The maximum atomic E-state index is 9.45. The van der Waals surface area contributed by atoms with Crippen molar-refractivity contribution < 1.29 is 5.11 Å². The van der Waals surface area contributed by atoms with E-state index in [0.29, 0.717) is 0 Å². The zero-order valence-corrected chi connectivity index (χ0v) is 16.3. The first-order chi connectivity index (χ1) is 11.3. The lowest BCUT2D eigenvalue weighted by molar-refractivity contribution is 0.103. The minimum Gasteiger partial charge on any atom is -0.381 e. The molecule has 0 radical (unpaired) electrons. The van der Waals surface area contributed by atoms with Gasteiger partial charge in [0.15, 0.2) is 0 Å². The van der Waals surface area contributed by atoms with Gasteiger partial charge < -0.3 is 5.11 Å². The minimum absolute atomic E-state index is 0.243. The summed E-state index contributed by atoms with van der Waals surface area (Å²) in [5, 5.41) is 9.45. The fraction of sp³-hybridized carbons (Fsp3) is 1.00. The summed E-state index contributed by atoms with van der Waals surface area (Å²) in [5.41, 5.74) is 0. The summed E-state index contributed by atoms with van der Waals surface area (Å²) in [6.07, 6.45) is 21.9. The maximum Gasteiger partial charge on any atom is 0.0956 e. The van der Waals surface area contributed by atoms with E-state index in [2.05, 4.69) is 18.7 Å². The Bertz CT molecular complexity index is 188. The molecule has 0 spiro atoms. The van der Waals surface area contributed by atoms with Gasteiger partial charge in [-0.15, -0.1) is 0 Å². The van der Waals surface area contributed by atoms with Gasteiger partial charge in [-0.1, -0.05) is 104 Å². The largest absolute Gasteiger partial charge is 0.381 e. The fourth-order valence-electron chi connectivity index (χ4n) is 3.19. The van der Waals surface area contributed by atoms with Crippen LogP contribution in [0.15, 0.2) is 0 Å². The molecule has 23 heavy (non-hydrogen) atoms. The topological polar surface area (TPSA) is 23.5 Å². The Morgan fingerprint density at radius 2 is 0.783 bits per heavy atom. The summed E-state index contributed by atoms with van der Waals surface area (Å²) in [6, 6.07) is 0. The molecule has 0 bridgehead atoms. The van der Waals surface area contributed by atoms with E-state index in [0.717, 1.165) is 13.1 Å². The average molecular weight is 328 g/mol. The van der Waals surface area contributed by atoms with Crippen LogP contribution in [0.2, 0.25) is 0 Å². The van der Waals surface area contributed by atoms with Crippen LogP contribution in [0.5, 0.6) is 0 Å². The highest BCUT2D eigenvalue weighted by Crippen LogP contribution is 2.10. The van der Waals surface area contributed by atoms with Gasteiger partial charge in [-0.3, -0.25) is 4.90 Å². The Hall–Kier alpha value is -0.0800. The summed E-state index contributed by atoms with van der Waals surface area (Å²) in [4.78, 5) is 2.23. The molecule has 0 saturated heterocycles. The molecule has 0 amide bonds. The second-order valence-corrected chi connectivity index (χ2v) is 7.21. The normalized spacial score (nSPS) is 11.5. The Morgan fingerprint density at radius 3 is 1.09 bits per heavy atom. The van der Waals surface area contributed by atoms with E-state index >= 15 is 0 Å². The number of unbranched alkanes of at least 4 members (excludes halogenated alkanes) is 14. The molecule has 0 aliphatic rings. The van der Waals surface area contributed by atoms with Crippen LogP contribution in [0.3, 0.4) is 0 Å². The second-order valence-electron chi connectivity index (χ2n) is 7.21. The average Bonchev–Trinajstić information content (AvgIpc) is 2.57. The maximum absolute atomic E-state index is 9.45. The molecule has 0 atom stereocenters. The molecule has 0 heterocycles. The number of hydrogen-bond donors (Lipinski definition) is 1. The second kappa shape index (κ2) is 20.0. The van der Waals surface area contributed by atoms with Crippen molar-refractivity contribution in [1.29, 1.82) is 0 Å². The van der Waals surface area contributed by atoms with Crippen LogP contribution in [0.25, 0.3) is 0 Å². The molecule has 2 heteroatoms. The highest BCUT2D eigenvalue weighted by atomic mass is 16.3. The van der Waals surface area contributed by atoms with Gasteiger partial charge in [0.05, 0.1) is 6.73 Å². The highest BCUT2D eigenvalue weighted by molar-refractivity contribution is 4.56.